The highest BCUT2D eigenvalue weighted by molar-refractivity contribution is 6.07. The van der Waals surface area contributed by atoms with Crippen LogP contribution in [-0.4, -0.2) is 34.0 Å². The van der Waals surface area contributed by atoms with Crippen LogP contribution in [-0.2, 0) is 17.8 Å². The summed E-state index contributed by atoms with van der Waals surface area (Å²) in [5.41, 5.74) is 4.05. The van der Waals surface area contributed by atoms with Gasteiger partial charge in [-0.05, 0) is 50.5 Å². The summed E-state index contributed by atoms with van der Waals surface area (Å²) in [5.74, 6) is -0.317. The fourth-order valence-electron chi connectivity index (χ4n) is 3.31. The molecule has 2 N–H and O–H groups in total. The number of anilines is 1. The Balaban J connectivity index is 2.24. The van der Waals surface area contributed by atoms with Crippen LogP contribution in [0.15, 0.2) is 24.3 Å². The van der Waals surface area contributed by atoms with Gasteiger partial charge in [-0.1, -0.05) is 19.1 Å². The third-order valence-electron chi connectivity index (χ3n) is 4.61. The number of carbonyl (C=O) groups is 3. The second kappa shape index (κ2) is 8.66. The van der Waals surface area contributed by atoms with E-state index in [1.165, 1.54) is 6.92 Å². The minimum Gasteiger partial charge on any atom is -0.354 e. The zero-order valence-corrected chi connectivity index (χ0v) is 16.6. The standard InChI is InChI=1S/C21H27N3O3/c1-6-18-19(14(4)25)13(3)22-20(18)21(27)23-17-10-8-9-16(11-17)12-24(7-2)15(5)26/h8-11,22H,6-7,12H2,1-5H3,(H,23,27). The van der Waals surface area contributed by atoms with E-state index in [1.54, 1.807) is 24.8 Å². The predicted molar refractivity (Wildman–Crippen MR) is 106 cm³/mol. The summed E-state index contributed by atoms with van der Waals surface area (Å²) in [5, 5.41) is 2.89. The number of ketones is 1. The molecular weight excluding hydrogens is 342 g/mol. The molecule has 0 radical (unpaired) electrons. The van der Waals surface area contributed by atoms with Gasteiger partial charge in [-0.3, -0.25) is 14.4 Å². The number of amides is 2. The van der Waals surface area contributed by atoms with E-state index in [9.17, 15) is 14.4 Å². The van der Waals surface area contributed by atoms with Crippen molar-refractivity contribution in [2.45, 2.75) is 47.6 Å². The Morgan fingerprint density at radius 3 is 2.41 bits per heavy atom. The van der Waals surface area contributed by atoms with Gasteiger partial charge in [0.15, 0.2) is 5.78 Å². The lowest BCUT2D eigenvalue weighted by atomic mass is 10.0. The average Bonchev–Trinajstić information content (AvgIpc) is 2.96. The maximum absolute atomic E-state index is 12.8. The third kappa shape index (κ3) is 4.64. The van der Waals surface area contributed by atoms with Crippen molar-refractivity contribution in [2.24, 2.45) is 0 Å². The Labute approximate surface area is 160 Å². The van der Waals surface area contributed by atoms with Crippen molar-refractivity contribution in [2.75, 3.05) is 11.9 Å². The van der Waals surface area contributed by atoms with Crippen molar-refractivity contribution in [3.05, 3.63) is 52.3 Å². The normalized spacial score (nSPS) is 10.6. The Kier molecular flexibility index (Phi) is 6.55. The van der Waals surface area contributed by atoms with Crippen LogP contribution in [0, 0.1) is 6.92 Å². The van der Waals surface area contributed by atoms with E-state index in [4.69, 9.17) is 0 Å². The molecule has 27 heavy (non-hydrogen) atoms. The molecule has 6 heteroatoms. The number of nitrogens with one attached hydrogen (secondary N) is 2. The van der Waals surface area contributed by atoms with Gasteiger partial charge in [0, 0.05) is 37.0 Å². The molecule has 2 rings (SSSR count). The maximum Gasteiger partial charge on any atom is 0.272 e. The van der Waals surface area contributed by atoms with Crippen molar-refractivity contribution in [3.8, 4) is 0 Å². The molecule has 0 aliphatic carbocycles. The Hall–Kier alpha value is -2.89. The van der Waals surface area contributed by atoms with Gasteiger partial charge < -0.3 is 15.2 Å². The summed E-state index contributed by atoms with van der Waals surface area (Å²) >= 11 is 0. The lowest BCUT2D eigenvalue weighted by Crippen LogP contribution is -2.27. The second-order valence-electron chi connectivity index (χ2n) is 6.58. The molecule has 1 aromatic carbocycles. The van der Waals surface area contributed by atoms with Gasteiger partial charge >= 0.3 is 0 Å². The molecule has 0 aliphatic heterocycles. The SMILES string of the molecule is CCc1c(C(=O)Nc2cccc(CN(CC)C(C)=O)c2)[nH]c(C)c1C(C)=O. The minimum atomic E-state index is -0.279. The molecule has 0 spiro atoms. The first-order valence-electron chi connectivity index (χ1n) is 9.16. The largest absolute Gasteiger partial charge is 0.354 e. The molecule has 0 aliphatic rings. The summed E-state index contributed by atoms with van der Waals surface area (Å²) in [6.07, 6.45) is 0.589. The first-order chi connectivity index (χ1) is 12.8. The summed E-state index contributed by atoms with van der Waals surface area (Å²) in [4.78, 5) is 41.0. The van der Waals surface area contributed by atoms with Crippen LogP contribution >= 0.6 is 0 Å². The van der Waals surface area contributed by atoms with Crippen molar-refractivity contribution < 1.29 is 14.4 Å². The number of aryl methyl sites for hydroxylation is 1. The minimum absolute atomic E-state index is 0.0122. The molecule has 1 heterocycles. The highest BCUT2D eigenvalue weighted by Gasteiger charge is 2.21. The van der Waals surface area contributed by atoms with Crippen molar-refractivity contribution in [1.82, 2.24) is 9.88 Å². The number of hydrogen-bond acceptors (Lipinski definition) is 3. The monoisotopic (exact) mass is 369 g/mol. The number of hydrogen-bond donors (Lipinski definition) is 2. The van der Waals surface area contributed by atoms with Crippen LogP contribution in [0.4, 0.5) is 5.69 Å². The van der Waals surface area contributed by atoms with Crippen LogP contribution in [0.25, 0.3) is 0 Å². The first-order valence-corrected chi connectivity index (χ1v) is 9.16. The van der Waals surface area contributed by atoms with Gasteiger partial charge in [-0.15, -0.1) is 0 Å². The average molecular weight is 369 g/mol. The number of carbonyl (C=O) groups excluding carboxylic acids is 3. The van der Waals surface area contributed by atoms with E-state index in [1.807, 2.05) is 32.0 Å². The molecule has 2 amide bonds. The quantitative estimate of drug-likeness (QED) is 0.730. The van der Waals surface area contributed by atoms with E-state index < -0.39 is 0 Å². The van der Waals surface area contributed by atoms with Gasteiger partial charge in [0.05, 0.1) is 0 Å². The molecule has 0 saturated carbocycles. The fraction of sp³-hybridized carbons (Fsp3) is 0.381. The van der Waals surface area contributed by atoms with Crippen LogP contribution in [0.3, 0.4) is 0 Å². The van der Waals surface area contributed by atoms with E-state index in [-0.39, 0.29) is 17.6 Å². The molecule has 0 saturated heterocycles. The number of Topliss-reactive ketones (excluding diaryl/α,β-unsaturated/α-hetero) is 1. The maximum atomic E-state index is 12.8. The molecule has 0 fully saturated rings. The molecular formula is C21H27N3O3. The van der Waals surface area contributed by atoms with Crippen molar-refractivity contribution in [1.29, 1.82) is 0 Å². The van der Waals surface area contributed by atoms with Gasteiger partial charge in [-0.2, -0.15) is 0 Å². The lowest BCUT2D eigenvalue weighted by Gasteiger charge is -2.19. The number of benzene rings is 1. The van der Waals surface area contributed by atoms with Crippen molar-refractivity contribution in [3.63, 3.8) is 0 Å². The van der Waals surface area contributed by atoms with Gasteiger partial charge in [-0.25, -0.2) is 0 Å². The number of aromatic amines is 1. The molecule has 2 aromatic rings. The highest BCUT2D eigenvalue weighted by Crippen LogP contribution is 2.22. The highest BCUT2D eigenvalue weighted by atomic mass is 16.2. The zero-order chi connectivity index (χ0) is 20.1. The molecule has 6 nitrogen and oxygen atoms in total. The van der Waals surface area contributed by atoms with E-state index in [0.717, 1.165) is 11.1 Å². The second-order valence-corrected chi connectivity index (χ2v) is 6.58. The topological polar surface area (TPSA) is 82.3 Å². The number of aromatic nitrogens is 1. The summed E-state index contributed by atoms with van der Waals surface area (Å²) in [6.45, 7) is 9.82. The predicted octanol–water partition coefficient (Wildman–Crippen LogP) is 3.71. The number of rotatable bonds is 7. The molecule has 0 bridgehead atoms. The molecule has 1 aromatic heterocycles. The fourth-order valence-corrected chi connectivity index (χ4v) is 3.31. The first kappa shape index (κ1) is 20.4. The zero-order valence-electron chi connectivity index (χ0n) is 16.6. The molecule has 0 atom stereocenters. The Morgan fingerprint density at radius 2 is 1.85 bits per heavy atom. The Morgan fingerprint density at radius 1 is 1.15 bits per heavy atom. The summed E-state index contributed by atoms with van der Waals surface area (Å²) in [7, 11) is 0. The number of nitrogens with zero attached hydrogens (tertiary/aromatic N) is 1. The van der Waals surface area contributed by atoms with E-state index in [0.29, 0.717) is 42.1 Å². The van der Waals surface area contributed by atoms with E-state index >= 15 is 0 Å². The van der Waals surface area contributed by atoms with Crippen molar-refractivity contribution >= 4 is 23.3 Å². The van der Waals surface area contributed by atoms with Gasteiger partial charge in [0.25, 0.3) is 5.91 Å². The van der Waals surface area contributed by atoms with Crippen LogP contribution < -0.4 is 5.32 Å². The molecule has 0 unspecified atom stereocenters. The van der Waals surface area contributed by atoms with E-state index in [2.05, 4.69) is 10.3 Å². The smallest absolute Gasteiger partial charge is 0.272 e. The molecule has 144 valence electrons. The Bertz CT molecular complexity index is 868. The van der Waals surface area contributed by atoms with Crippen LogP contribution in [0.5, 0.6) is 0 Å². The van der Waals surface area contributed by atoms with Crippen LogP contribution in [0.1, 0.15) is 65.4 Å². The van der Waals surface area contributed by atoms with Gasteiger partial charge in [0.1, 0.15) is 5.69 Å². The summed E-state index contributed by atoms with van der Waals surface area (Å²) < 4.78 is 0. The third-order valence-corrected chi connectivity index (χ3v) is 4.61. The van der Waals surface area contributed by atoms with Gasteiger partial charge in [0.2, 0.25) is 5.91 Å². The van der Waals surface area contributed by atoms with Crippen LogP contribution in [0.2, 0.25) is 0 Å². The number of H-pyrrole nitrogens is 1. The lowest BCUT2D eigenvalue weighted by molar-refractivity contribution is -0.129. The summed E-state index contributed by atoms with van der Waals surface area (Å²) in [6, 6.07) is 7.43.